The van der Waals surface area contributed by atoms with Gasteiger partial charge >= 0.3 is 5.97 Å². The molecular formula is C29H36N2O6. The standard InChI is InChI=1S/C29H36N2O6/c1-5-17(3)21(16-32)31-24(25(33)30-20-12-11-18-9-7-8-10-19(18)15-20)29-14-13-28(4,37-29)23(22(29)26(31)34)27(35)36-6-2/h7-12,15,17,21-24,32H,5-6,13-14,16H2,1-4H3,(H,30,33)/t17-,21-,22-,23+,24?,28-,29?/m0/s1. The van der Waals surface area contributed by atoms with E-state index in [1.807, 2.05) is 63.2 Å². The van der Waals surface area contributed by atoms with Crippen LogP contribution >= 0.6 is 0 Å². The lowest BCUT2D eigenvalue weighted by Crippen LogP contribution is -2.57. The molecule has 2 aromatic carbocycles. The first-order valence-electron chi connectivity index (χ1n) is 13.3. The second-order valence-corrected chi connectivity index (χ2v) is 10.9. The zero-order valence-corrected chi connectivity index (χ0v) is 21.9. The Labute approximate surface area is 217 Å². The largest absolute Gasteiger partial charge is 0.466 e. The molecule has 3 heterocycles. The van der Waals surface area contributed by atoms with Gasteiger partial charge in [0, 0.05) is 5.69 Å². The molecule has 37 heavy (non-hydrogen) atoms. The minimum Gasteiger partial charge on any atom is -0.466 e. The van der Waals surface area contributed by atoms with Gasteiger partial charge in [-0.05, 0) is 55.5 Å². The summed E-state index contributed by atoms with van der Waals surface area (Å²) in [6, 6.07) is 12.0. The molecule has 3 aliphatic rings. The summed E-state index contributed by atoms with van der Waals surface area (Å²) < 4.78 is 12.0. The minimum absolute atomic E-state index is 0.0611. The highest BCUT2D eigenvalue weighted by atomic mass is 16.6. The third-order valence-electron chi connectivity index (χ3n) is 8.87. The molecular weight excluding hydrogens is 472 g/mol. The van der Waals surface area contributed by atoms with E-state index in [-0.39, 0.29) is 30.9 Å². The van der Waals surface area contributed by atoms with Gasteiger partial charge in [0.05, 0.1) is 30.8 Å². The van der Waals surface area contributed by atoms with E-state index in [1.165, 1.54) is 4.90 Å². The summed E-state index contributed by atoms with van der Waals surface area (Å²) in [6.45, 7) is 7.43. The number of rotatable bonds is 8. The number of nitrogens with zero attached hydrogens (tertiary/aromatic N) is 1. The molecule has 3 aliphatic heterocycles. The van der Waals surface area contributed by atoms with Gasteiger partial charge in [0.1, 0.15) is 17.6 Å². The molecule has 2 amide bonds. The average Bonchev–Trinajstić information content (AvgIpc) is 3.45. The molecule has 8 nitrogen and oxygen atoms in total. The number of carbonyl (C=O) groups is 3. The molecule has 2 N–H and O–H groups in total. The maximum Gasteiger partial charge on any atom is 0.312 e. The van der Waals surface area contributed by atoms with Crippen LogP contribution < -0.4 is 5.32 Å². The number of hydrogen-bond acceptors (Lipinski definition) is 6. The SMILES string of the molecule is CCOC(=O)[C@H]1[C@H]2C(=O)N([C@@H](CO)[C@@H](C)CC)C(C(=O)Nc3ccc4ccccc4c3)C23CC[C@]1(C)O3. The van der Waals surface area contributed by atoms with Crippen LogP contribution in [-0.2, 0) is 23.9 Å². The molecule has 3 fully saturated rings. The van der Waals surface area contributed by atoms with Gasteiger partial charge in [-0.2, -0.15) is 0 Å². The summed E-state index contributed by atoms with van der Waals surface area (Å²) in [5.41, 5.74) is -1.43. The van der Waals surface area contributed by atoms with Gasteiger partial charge in [0.2, 0.25) is 11.8 Å². The van der Waals surface area contributed by atoms with Gasteiger partial charge < -0.3 is 24.8 Å². The highest BCUT2D eigenvalue weighted by molar-refractivity contribution is 6.04. The molecule has 5 rings (SSSR count). The van der Waals surface area contributed by atoms with Gasteiger partial charge in [0.15, 0.2) is 0 Å². The number of nitrogens with one attached hydrogen (secondary N) is 1. The van der Waals surface area contributed by atoms with E-state index in [4.69, 9.17) is 9.47 Å². The number of benzene rings is 2. The Balaban J connectivity index is 1.57. The number of fused-ring (bicyclic) bond motifs is 2. The Bertz CT molecular complexity index is 1230. The molecule has 2 unspecified atom stereocenters. The van der Waals surface area contributed by atoms with Gasteiger partial charge in [-0.1, -0.05) is 50.6 Å². The minimum atomic E-state index is -1.16. The number of aliphatic hydroxyl groups is 1. The molecule has 7 atom stereocenters. The molecule has 0 aromatic heterocycles. The molecule has 2 bridgehead atoms. The molecule has 198 valence electrons. The topological polar surface area (TPSA) is 105 Å². The molecule has 2 aromatic rings. The van der Waals surface area contributed by atoms with Crippen LogP contribution in [0, 0.1) is 17.8 Å². The van der Waals surface area contributed by atoms with E-state index in [1.54, 1.807) is 6.92 Å². The Morgan fingerprint density at radius 3 is 2.59 bits per heavy atom. The lowest BCUT2D eigenvalue weighted by atomic mass is 9.66. The van der Waals surface area contributed by atoms with Crippen molar-refractivity contribution in [2.45, 2.75) is 70.2 Å². The maximum absolute atomic E-state index is 14.1. The Morgan fingerprint density at radius 2 is 1.92 bits per heavy atom. The third kappa shape index (κ3) is 3.84. The summed E-state index contributed by atoms with van der Waals surface area (Å²) in [5, 5.41) is 15.5. The first-order valence-corrected chi connectivity index (χ1v) is 13.3. The van der Waals surface area contributed by atoms with Crippen LogP contribution in [-0.4, -0.2) is 64.3 Å². The fourth-order valence-corrected chi connectivity index (χ4v) is 6.90. The summed E-state index contributed by atoms with van der Waals surface area (Å²) in [4.78, 5) is 42.9. The average molecular weight is 509 g/mol. The van der Waals surface area contributed by atoms with Crippen LogP contribution in [0.3, 0.4) is 0 Å². The number of ether oxygens (including phenoxy) is 2. The second kappa shape index (κ2) is 9.40. The second-order valence-electron chi connectivity index (χ2n) is 10.9. The van der Waals surface area contributed by atoms with E-state index in [2.05, 4.69) is 5.32 Å². The fourth-order valence-electron chi connectivity index (χ4n) is 6.90. The van der Waals surface area contributed by atoms with Crippen molar-refractivity contribution in [1.29, 1.82) is 0 Å². The van der Waals surface area contributed by atoms with Crippen LogP contribution in [0.1, 0.15) is 47.0 Å². The number of anilines is 1. The first-order chi connectivity index (χ1) is 17.7. The molecule has 3 saturated heterocycles. The molecule has 0 radical (unpaired) electrons. The summed E-state index contributed by atoms with van der Waals surface area (Å²) in [7, 11) is 0. The van der Waals surface area contributed by atoms with Gasteiger partial charge in [-0.15, -0.1) is 0 Å². The van der Waals surface area contributed by atoms with Crippen molar-refractivity contribution < 1.29 is 29.0 Å². The van der Waals surface area contributed by atoms with Gasteiger partial charge in [-0.3, -0.25) is 14.4 Å². The Morgan fingerprint density at radius 1 is 1.19 bits per heavy atom. The van der Waals surface area contributed by atoms with Crippen LogP contribution in [0.2, 0.25) is 0 Å². The number of hydrogen-bond donors (Lipinski definition) is 2. The quantitative estimate of drug-likeness (QED) is 0.529. The zero-order chi connectivity index (χ0) is 26.5. The van der Waals surface area contributed by atoms with Crippen molar-refractivity contribution >= 4 is 34.2 Å². The molecule has 0 saturated carbocycles. The van der Waals surface area contributed by atoms with E-state index < -0.39 is 41.1 Å². The zero-order valence-electron chi connectivity index (χ0n) is 21.9. The van der Waals surface area contributed by atoms with Crippen LogP contribution in [0.15, 0.2) is 42.5 Å². The lowest BCUT2D eigenvalue weighted by Gasteiger charge is -2.39. The number of carbonyl (C=O) groups excluding carboxylic acids is 3. The van der Waals surface area contributed by atoms with Crippen molar-refractivity contribution in [3.63, 3.8) is 0 Å². The monoisotopic (exact) mass is 508 g/mol. The van der Waals surface area contributed by atoms with Crippen LogP contribution in [0.4, 0.5) is 5.69 Å². The van der Waals surface area contributed by atoms with Crippen molar-refractivity contribution in [1.82, 2.24) is 4.90 Å². The number of amides is 2. The Hall–Kier alpha value is -2.97. The van der Waals surface area contributed by atoms with Crippen LogP contribution in [0.5, 0.6) is 0 Å². The van der Waals surface area contributed by atoms with Crippen molar-refractivity contribution in [3.05, 3.63) is 42.5 Å². The van der Waals surface area contributed by atoms with E-state index in [0.29, 0.717) is 24.9 Å². The number of likely N-dealkylation sites (tertiary alicyclic amines) is 1. The predicted molar refractivity (Wildman–Crippen MR) is 139 cm³/mol. The summed E-state index contributed by atoms with van der Waals surface area (Å²) in [6.07, 6.45) is 1.73. The maximum atomic E-state index is 14.1. The lowest BCUT2D eigenvalue weighted by molar-refractivity contribution is -0.160. The number of esters is 1. The fraction of sp³-hybridized carbons (Fsp3) is 0.552. The highest BCUT2D eigenvalue weighted by Crippen LogP contribution is 2.63. The summed E-state index contributed by atoms with van der Waals surface area (Å²) >= 11 is 0. The van der Waals surface area contributed by atoms with Crippen molar-refractivity contribution in [2.24, 2.45) is 17.8 Å². The number of aliphatic hydroxyl groups excluding tert-OH is 1. The molecule has 1 spiro atoms. The van der Waals surface area contributed by atoms with E-state index >= 15 is 0 Å². The van der Waals surface area contributed by atoms with Gasteiger partial charge in [0.25, 0.3) is 0 Å². The summed E-state index contributed by atoms with van der Waals surface area (Å²) in [5.74, 6) is -2.86. The van der Waals surface area contributed by atoms with Crippen molar-refractivity contribution in [2.75, 3.05) is 18.5 Å². The first kappa shape index (κ1) is 25.7. The smallest absolute Gasteiger partial charge is 0.312 e. The van der Waals surface area contributed by atoms with Crippen LogP contribution in [0.25, 0.3) is 10.8 Å². The van der Waals surface area contributed by atoms with Gasteiger partial charge in [-0.25, -0.2) is 0 Å². The molecule has 0 aliphatic carbocycles. The van der Waals surface area contributed by atoms with Crippen molar-refractivity contribution in [3.8, 4) is 0 Å². The third-order valence-corrected chi connectivity index (χ3v) is 8.87. The van der Waals surface area contributed by atoms with E-state index in [9.17, 15) is 19.5 Å². The van der Waals surface area contributed by atoms with E-state index in [0.717, 1.165) is 10.8 Å². The highest BCUT2D eigenvalue weighted by Gasteiger charge is 2.78. The Kier molecular flexibility index (Phi) is 6.52. The predicted octanol–water partition coefficient (Wildman–Crippen LogP) is 3.51. The molecule has 8 heteroatoms. The normalized spacial score (nSPS) is 31.9.